The van der Waals surface area contributed by atoms with Crippen LogP contribution in [0.4, 0.5) is 0 Å². The summed E-state index contributed by atoms with van der Waals surface area (Å²) in [6.07, 6.45) is 0.779. The normalized spacial score (nSPS) is 11.5. The van der Waals surface area contributed by atoms with Crippen LogP contribution in [0.5, 0.6) is 0 Å². The minimum Gasteiger partial charge on any atom is -0.315 e. The fourth-order valence-electron chi connectivity index (χ4n) is 1.58. The lowest BCUT2D eigenvalue weighted by molar-refractivity contribution is 0.650. The number of H-pyrrole nitrogens is 2. The van der Waals surface area contributed by atoms with Crippen LogP contribution >= 0.6 is 22.9 Å². The molecule has 0 aliphatic heterocycles. The summed E-state index contributed by atoms with van der Waals surface area (Å²) in [4.78, 5) is 28.1. The van der Waals surface area contributed by atoms with E-state index in [4.69, 9.17) is 11.6 Å². The van der Waals surface area contributed by atoms with Crippen molar-refractivity contribution in [1.29, 1.82) is 0 Å². The highest BCUT2D eigenvalue weighted by molar-refractivity contribution is 7.22. The van der Waals surface area contributed by atoms with Gasteiger partial charge < -0.3 is 9.97 Å². The second kappa shape index (κ2) is 4.07. The van der Waals surface area contributed by atoms with E-state index in [0.29, 0.717) is 20.6 Å². The zero-order chi connectivity index (χ0) is 11.9. The van der Waals surface area contributed by atoms with Crippen LogP contribution in [-0.4, -0.2) is 9.97 Å². The van der Waals surface area contributed by atoms with Crippen molar-refractivity contribution < 1.29 is 0 Å². The van der Waals surface area contributed by atoms with Crippen LogP contribution in [0.25, 0.3) is 10.3 Å². The summed E-state index contributed by atoms with van der Waals surface area (Å²) in [7, 11) is 0. The summed E-state index contributed by atoms with van der Waals surface area (Å²) in [6, 6.07) is 0. The van der Waals surface area contributed by atoms with E-state index in [1.165, 1.54) is 11.3 Å². The first-order chi connectivity index (χ1) is 7.49. The summed E-state index contributed by atoms with van der Waals surface area (Å²) in [5.74, 6) is 0.436. The molecule has 16 heavy (non-hydrogen) atoms. The zero-order valence-electron chi connectivity index (χ0n) is 8.89. The second-order valence-corrected chi connectivity index (χ2v) is 5.69. The number of halogens is 1. The van der Waals surface area contributed by atoms with Gasteiger partial charge in [-0.15, -0.1) is 11.3 Å². The molecule has 2 rings (SSSR count). The highest BCUT2D eigenvalue weighted by atomic mass is 35.5. The van der Waals surface area contributed by atoms with Crippen LogP contribution < -0.4 is 11.1 Å². The Morgan fingerprint density at radius 2 is 1.88 bits per heavy atom. The Morgan fingerprint density at radius 3 is 2.50 bits per heavy atom. The molecule has 0 fully saturated rings. The van der Waals surface area contributed by atoms with E-state index in [0.717, 1.165) is 12.0 Å². The van der Waals surface area contributed by atoms with E-state index >= 15 is 0 Å². The monoisotopic (exact) mass is 258 g/mol. The SMILES string of the molecule is CC(C)Cc1c(Cl)sc2[nH]c(=O)c(=O)[nH]c12. The molecule has 86 valence electrons. The Morgan fingerprint density at radius 1 is 1.25 bits per heavy atom. The van der Waals surface area contributed by atoms with Gasteiger partial charge in [0.05, 0.1) is 5.52 Å². The number of hydrogen-bond donors (Lipinski definition) is 2. The molecule has 2 aromatic rings. The molecule has 6 heteroatoms. The van der Waals surface area contributed by atoms with Gasteiger partial charge in [-0.3, -0.25) is 9.59 Å². The van der Waals surface area contributed by atoms with Crippen molar-refractivity contribution in [2.75, 3.05) is 0 Å². The molecule has 0 bridgehead atoms. The Kier molecular flexibility index (Phi) is 2.90. The van der Waals surface area contributed by atoms with Crippen molar-refractivity contribution in [3.05, 3.63) is 30.6 Å². The fraction of sp³-hybridized carbons (Fsp3) is 0.400. The van der Waals surface area contributed by atoms with Gasteiger partial charge in [0.15, 0.2) is 0 Å². The average molecular weight is 259 g/mol. The summed E-state index contributed by atoms with van der Waals surface area (Å²) in [6.45, 7) is 4.15. The van der Waals surface area contributed by atoms with Gasteiger partial charge in [0, 0.05) is 5.56 Å². The third kappa shape index (κ3) is 1.92. The van der Waals surface area contributed by atoms with Gasteiger partial charge in [-0.05, 0) is 12.3 Å². The third-order valence-electron chi connectivity index (χ3n) is 2.24. The quantitative estimate of drug-likeness (QED) is 0.811. The number of fused-ring (bicyclic) bond motifs is 1. The van der Waals surface area contributed by atoms with E-state index < -0.39 is 11.1 Å². The van der Waals surface area contributed by atoms with E-state index in [-0.39, 0.29) is 0 Å². The predicted octanol–water partition coefficient (Wildman–Crippen LogP) is 2.13. The molecule has 2 heterocycles. The van der Waals surface area contributed by atoms with Crippen LogP contribution in [0.2, 0.25) is 4.34 Å². The number of nitrogens with one attached hydrogen (secondary N) is 2. The van der Waals surface area contributed by atoms with Gasteiger partial charge >= 0.3 is 11.1 Å². The zero-order valence-corrected chi connectivity index (χ0v) is 10.5. The highest BCUT2D eigenvalue weighted by Gasteiger charge is 2.14. The summed E-state index contributed by atoms with van der Waals surface area (Å²) >= 11 is 7.37. The lowest BCUT2D eigenvalue weighted by Crippen LogP contribution is -2.28. The molecule has 0 aliphatic rings. The molecule has 0 saturated carbocycles. The lowest BCUT2D eigenvalue weighted by Gasteiger charge is -2.03. The molecule has 0 radical (unpaired) electrons. The molecular weight excluding hydrogens is 248 g/mol. The first-order valence-corrected chi connectivity index (χ1v) is 6.12. The average Bonchev–Trinajstić information content (AvgIpc) is 2.45. The molecular formula is C10H11ClN2O2S. The summed E-state index contributed by atoms with van der Waals surface area (Å²) in [5, 5.41) is 0. The minimum absolute atomic E-state index is 0.436. The summed E-state index contributed by atoms with van der Waals surface area (Å²) < 4.78 is 0.626. The van der Waals surface area contributed by atoms with Gasteiger partial charge in [0.25, 0.3) is 0 Å². The Labute approximate surface area is 100 Å². The molecule has 2 aromatic heterocycles. The minimum atomic E-state index is -0.637. The van der Waals surface area contributed by atoms with Crippen molar-refractivity contribution in [2.24, 2.45) is 5.92 Å². The molecule has 0 amide bonds. The van der Waals surface area contributed by atoms with Crippen LogP contribution in [0.15, 0.2) is 9.59 Å². The van der Waals surface area contributed by atoms with Crippen molar-refractivity contribution in [3.63, 3.8) is 0 Å². The molecule has 2 N–H and O–H groups in total. The standard InChI is InChI=1S/C10H11ClN2O2S/c1-4(2)3-5-6-10(16-7(5)11)13-9(15)8(14)12-6/h4H,3H2,1-2H3,(H,12,14)(H,13,15). The van der Waals surface area contributed by atoms with Crippen LogP contribution in [0.3, 0.4) is 0 Å². The molecule has 0 atom stereocenters. The van der Waals surface area contributed by atoms with Gasteiger partial charge in [-0.25, -0.2) is 0 Å². The van der Waals surface area contributed by atoms with Crippen molar-refractivity contribution in [2.45, 2.75) is 20.3 Å². The Balaban J connectivity index is 2.74. The molecule has 0 saturated heterocycles. The number of rotatable bonds is 2. The maximum atomic E-state index is 11.2. The van der Waals surface area contributed by atoms with Gasteiger partial charge in [0.2, 0.25) is 0 Å². The highest BCUT2D eigenvalue weighted by Crippen LogP contribution is 2.33. The maximum Gasteiger partial charge on any atom is 0.314 e. The molecule has 0 aliphatic carbocycles. The lowest BCUT2D eigenvalue weighted by atomic mass is 10.1. The smallest absolute Gasteiger partial charge is 0.314 e. The Hall–Kier alpha value is -1.07. The maximum absolute atomic E-state index is 11.2. The largest absolute Gasteiger partial charge is 0.315 e. The molecule has 0 aromatic carbocycles. The topological polar surface area (TPSA) is 65.7 Å². The molecule has 0 unspecified atom stereocenters. The molecule has 4 nitrogen and oxygen atoms in total. The first-order valence-electron chi connectivity index (χ1n) is 4.92. The molecule has 0 spiro atoms. The first kappa shape index (κ1) is 11.4. The van der Waals surface area contributed by atoms with Gasteiger partial charge in [-0.1, -0.05) is 25.4 Å². The van der Waals surface area contributed by atoms with Crippen LogP contribution in [-0.2, 0) is 6.42 Å². The van der Waals surface area contributed by atoms with Gasteiger partial charge in [0.1, 0.15) is 9.17 Å². The number of hydrogen-bond acceptors (Lipinski definition) is 3. The van der Waals surface area contributed by atoms with Crippen LogP contribution in [0, 0.1) is 5.92 Å². The van der Waals surface area contributed by atoms with Gasteiger partial charge in [-0.2, -0.15) is 0 Å². The van der Waals surface area contributed by atoms with E-state index in [1.54, 1.807) is 0 Å². The number of aromatic nitrogens is 2. The van der Waals surface area contributed by atoms with E-state index in [1.807, 2.05) is 0 Å². The predicted molar refractivity (Wildman–Crippen MR) is 66.6 cm³/mol. The van der Waals surface area contributed by atoms with Crippen molar-refractivity contribution in [3.8, 4) is 0 Å². The Bertz CT molecular complexity index is 638. The van der Waals surface area contributed by atoms with Crippen LogP contribution in [0.1, 0.15) is 19.4 Å². The third-order valence-corrected chi connectivity index (χ3v) is 3.64. The number of aromatic amines is 2. The fourth-order valence-corrected chi connectivity index (χ4v) is 2.89. The second-order valence-electron chi connectivity index (χ2n) is 4.06. The van der Waals surface area contributed by atoms with Crippen molar-refractivity contribution >= 4 is 33.3 Å². The number of thiophene rings is 1. The van der Waals surface area contributed by atoms with E-state index in [9.17, 15) is 9.59 Å². The van der Waals surface area contributed by atoms with E-state index in [2.05, 4.69) is 23.8 Å². The summed E-state index contributed by atoms with van der Waals surface area (Å²) in [5.41, 5.74) is 0.298. The van der Waals surface area contributed by atoms with Crippen molar-refractivity contribution in [1.82, 2.24) is 9.97 Å².